The fourth-order valence-corrected chi connectivity index (χ4v) is 1.85. The van der Waals surface area contributed by atoms with Crippen molar-refractivity contribution in [2.75, 3.05) is 11.0 Å². The quantitative estimate of drug-likeness (QED) is 0.863. The molecule has 4 nitrogen and oxygen atoms in total. The normalized spacial score (nSPS) is 12.6. The van der Waals surface area contributed by atoms with Crippen LogP contribution in [-0.2, 0) is 15.4 Å². The number of nitrogens with zero attached hydrogens (tertiary/aromatic N) is 1. The van der Waals surface area contributed by atoms with Crippen molar-refractivity contribution in [1.82, 2.24) is 4.98 Å². The Labute approximate surface area is 97.2 Å². The van der Waals surface area contributed by atoms with Crippen LogP contribution in [0.25, 0.3) is 0 Å². The van der Waals surface area contributed by atoms with Crippen LogP contribution in [0.5, 0.6) is 0 Å². The van der Waals surface area contributed by atoms with E-state index in [0.717, 1.165) is 11.8 Å². The lowest BCUT2D eigenvalue weighted by atomic mass is 9.88. The van der Waals surface area contributed by atoms with Gasteiger partial charge in [0.25, 0.3) is 0 Å². The molecule has 16 heavy (non-hydrogen) atoms. The van der Waals surface area contributed by atoms with E-state index in [1.165, 1.54) is 0 Å². The minimum absolute atomic E-state index is 0.0470. The van der Waals surface area contributed by atoms with Crippen molar-refractivity contribution in [3.05, 3.63) is 23.5 Å². The second-order valence-electron chi connectivity index (χ2n) is 4.98. The molecular formula is C11H18N2O2S. The average Bonchev–Trinajstić information content (AvgIpc) is 2.04. The summed E-state index contributed by atoms with van der Waals surface area (Å²) in [4.78, 5) is 4.20. The van der Waals surface area contributed by atoms with Gasteiger partial charge in [0.05, 0.1) is 17.6 Å². The van der Waals surface area contributed by atoms with Gasteiger partial charge in [-0.15, -0.1) is 0 Å². The van der Waals surface area contributed by atoms with Crippen molar-refractivity contribution in [1.29, 1.82) is 0 Å². The minimum atomic E-state index is -3.25. The lowest BCUT2D eigenvalue weighted by molar-refractivity contribution is 0.587. The summed E-state index contributed by atoms with van der Waals surface area (Å²) in [6.07, 6.45) is 2.92. The summed E-state index contributed by atoms with van der Waals surface area (Å²) < 4.78 is 24.8. The SMILES string of the molecule is Cc1ncc(C(C)(C)C)cc1NS(C)(=O)=O. The Morgan fingerprint density at radius 1 is 1.31 bits per heavy atom. The standard InChI is InChI=1S/C11H18N2O2S/c1-8-10(13-16(5,14)15)6-9(7-12-8)11(2,3)4/h6-7,13H,1-5H3. The Kier molecular flexibility index (Phi) is 3.28. The van der Waals surface area contributed by atoms with E-state index in [2.05, 4.69) is 30.5 Å². The van der Waals surface area contributed by atoms with Crippen LogP contribution in [-0.4, -0.2) is 19.7 Å². The maximum absolute atomic E-state index is 11.2. The molecule has 1 N–H and O–H groups in total. The van der Waals surface area contributed by atoms with Gasteiger partial charge in [0.15, 0.2) is 0 Å². The molecule has 0 saturated heterocycles. The van der Waals surface area contributed by atoms with Gasteiger partial charge >= 0.3 is 0 Å². The molecule has 1 aromatic rings. The third kappa shape index (κ3) is 3.48. The number of nitrogens with one attached hydrogen (secondary N) is 1. The van der Waals surface area contributed by atoms with Crippen LogP contribution in [0.4, 0.5) is 5.69 Å². The van der Waals surface area contributed by atoms with Crippen molar-refractivity contribution in [2.24, 2.45) is 0 Å². The maximum atomic E-state index is 11.2. The summed E-state index contributed by atoms with van der Waals surface area (Å²) in [6.45, 7) is 7.96. The number of anilines is 1. The van der Waals surface area contributed by atoms with Crippen LogP contribution < -0.4 is 4.72 Å². The van der Waals surface area contributed by atoms with Gasteiger partial charge < -0.3 is 0 Å². The molecule has 0 aliphatic rings. The second kappa shape index (κ2) is 4.05. The van der Waals surface area contributed by atoms with E-state index < -0.39 is 10.0 Å². The van der Waals surface area contributed by atoms with Crippen molar-refractivity contribution in [3.8, 4) is 0 Å². The summed E-state index contributed by atoms with van der Waals surface area (Å²) in [7, 11) is -3.25. The molecule has 0 aliphatic carbocycles. The molecule has 1 heterocycles. The molecule has 1 aromatic heterocycles. The van der Waals surface area contributed by atoms with Gasteiger partial charge in [-0.2, -0.15) is 0 Å². The lowest BCUT2D eigenvalue weighted by Gasteiger charge is -2.20. The van der Waals surface area contributed by atoms with E-state index >= 15 is 0 Å². The molecule has 90 valence electrons. The smallest absolute Gasteiger partial charge is 0.229 e. The van der Waals surface area contributed by atoms with Crippen molar-refractivity contribution < 1.29 is 8.42 Å². The topological polar surface area (TPSA) is 59.1 Å². The molecule has 0 aliphatic heterocycles. The van der Waals surface area contributed by atoms with E-state index in [9.17, 15) is 8.42 Å². The van der Waals surface area contributed by atoms with Crippen molar-refractivity contribution >= 4 is 15.7 Å². The van der Waals surface area contributed by atoms with Crippen molar-refractivity contribution in [2.45, 2.75) is 33.1 Å². The summed E-state index contributed by atoms with van der Waals surface area (Å²) in [6, 6.07) is 1.84. The third-order valence-corrected chi connectivity index (χ3v) is 2.84. The molecule has 0 amide bonds. The van der Waals surface area contributed by atoms with Crippen LogP contribution in [0, 0.1) is 6.92 Å². The first-order valence-electron chi connectivity index (χ1n) is 5.04. The van der Waals surface area contributed by atoms with Gasteiger partial charge in [-0.1, -0.05) is 20.8 Å². The molecule has 0 unspecified atom stereocenters. The molecule has 0 atom stereocenters. The van der Waals surface area contributed by atoms with Crippen LogP contribution in [0.15, 0.2) is 12.3 Å². The zero-order valence-electron chi connectivity index (χ0n) is 10.3. The van der Waals surface area contributed by atoms with Gasteiger partial charge in [-0.05, 0) is 24.0 Å². The number of aryl methyl sites for hydroxylation is 1. The first-order valence-corrected chi connectivity index (χ1v) is 6.93. The number of sulfonamides is 1. The largest absolute Gasteiger partial charge is 0.282 e. The molecular weight excluding hydrogens is 224 g/mol. The highest BCUT2D eigenvalue weighted by Gasteiger charge is 2.16. The van der Waals surface area contributed by atoms with E-state index in [4.69, 9.17) is 0 Å². The first kappa shape index (κ1) is 13.0. The fraction of sp³-hybridized carbons (Fsp3) is 0.545. The maximum Gasteiger partial charge on any atom is 0.229 e. The Balaban J connectivity index is 3.20. The zero-order chi connectivity index (χ0) is 12.6. The highest BCUT2D eigenvalue weighted by atomic mass is 32.2. The van der Waals surface area contributed by atoms with Crippen LogP contribution in [0.3, 0.4) is 0 Å². The van der Waals surface area contributed by atoms with E-state index in [1.807, 2.05) is 6.07 Å². The molecule has 0 aromatic carbocycles. The highest BCUT2D eigenvalue weighted by molar-refractivity contribution is 7.92. The zero-order valence-corrected chi connectivity index (χ0v) is 11.1. The minimum Gasteiger partial charge on any atom is -0.282 e. The summed E-state index contributed by atoms with van der Waals surface area (Å²) >= 11 is 0. The first-order chi connectivity index (χ1) is 7.09. The Morgan fingerprint density at radius 3 is 2.31 bits per heavy atom. The van der Waals surface area contributed by atoms with Gasteiger partial charge in [-0.25, -0.2) is 8.42 Å². The highest BCUT2D eigenvalue weighted by Crippen LogP contribution is 2.25. The summed E-state index contributed by atoms with van der Waals surface area (Å²) in [5, 5.41) is 0. The molecule has 0 fully saturated rings. The number of rotatable bonds is 2. The molecule has 0 spiro atoms. The summed E-state index contributed by atoms with van der Waals surface area (Å²) in [5.41, 5.74) is 2.19. The van der Waals surface area contributed by atoms with Gasteiger partial charge in [0, 0.05) is 6.20 Å². The molecule has 0 bridgehead atoms. The van der Waals surface area contributed by atoms with Crippen LogP contribution in [0.2, 0.25) is 0 Å². The van der Waals surface area contributed by atoms with Crippen LogP contribution in [0.1, 0.15) is 32.0 Å². The van der Waals surface area contributed by atoms with Gasteiger partial charge in [-0.3, -0.25) is 9.71 Å². The summed E-state index contributed by atoms with van der Waals surface area (Å²) in [5.74, 6) is 0. The second-order valence-corrected chi connectivity index (χ2v) is 6.73. The van der Waals surface area contributed by atoms with E-state index in [0.29, 0.717) is 11.4 Å². The van der Waals surface area contributed by atoms with Crippen LogP contribution >= 0.6 is 0 Å². The molecule has 0 radical (unpaired) electrons. The predicted molar refractivity (Wildman–Crippen MR) is 66.1 cm³/mol. The average molecular weight is 242 g/mol. The molecule has 0 saturated carbocycles. The molecule has 5 heteroatoms. The Bertz CT molecular complexity index is 487. The van der Waals surface area contributed by atoms with Crippen molar-refractivity contribution in [3.63, 3.8) is 0 Å². The number of pyridine rings is 1. The number of hydrogen-bond donors (Lipinski definition) is 1. The lowest BCUT2D eigenvalue weighted by Crippen LogP contribution is -2.15. The van der Waals surface area contributed by atoms with E-state index in [-0.39, 0.29) is 5.41 Å². The number of aromatic nitrogens is 1. The predicted octanol–water partition coefficient (Wildman–Crippen LogP) is 2.06. The number of hydrogen-bond acceptors (Lipinski definition) is 3. The van der Waals surface area contributed by atoms with Gasteiger partial charge in [0.1, 0.15) is 0 Å². The third-order valence-electron chi connectivity index (χ3n) is 2.25. The fourth-order valence-electron chi connectivity index (χ4n) is 1.25. The molecule has 1 rings (SSSR count). The Morgan fingerprint density at radius 2 is 1.88 bits per heavy atom. The monoisotopic (exact) mass is 242 g/mol. The van der Waals surface area contributed by atoms with Gasteiger partial charge in [0.2, 0.25) is 10.0 Å². The Hall–Kier alpha value is -1.10. The van der Waals surface area contributed by atoms with E-state index in [1.54, 1.807) is 13.1 Å².